The van der Waals surface area contributed by atoms with Crippen LogP contribution in [0.5, 0.6) is 0 Å². The number of rotatable bonds is 6. The largest absolute Gasteiger partial charge is 0.310 e. The lowest BCUT2D eigenvalue weighted by Crippen LogP contribution is -2.22. The molecule has 0 amide bonds. The van der Waals surface area contributed by atoms with Gasteiger partial charge in [-0.25, -0.2) is 0 Å². The molecule has 96 valence electrons. The van der Waals surface area contributed by atoms with Crippen LogP contribution in [-0.2, 0) is 0 Å². The van der Waals surface area contributed by atoms with Crippen molar-refractivity contribution in [2.24, 2.45) is 0 Å². The molecular formula is C16H27N. The minimum atomic E-state index is 0.527. The molecule has 0 saturated carbocycles. The van der Waals surface area contributed by atoms with Crippen LogP contribution in [0.4, 0.5) is 0 Å². The Morgan fingerprint density at radius 1 is 1.00 bits per heavy atom. The Kier molecular flexibility index (Phi) is 5.70. The first kappa shape index (κ1) is 14.2. The van der Waals surface area contributed by atoms with E-state index in [4.69, 9.17) is 0 Å². The summed E-state index contributed by atoms with van der Waals surface area (Å²) in [5.74, 6) is 0. The summed E-state index contributed by atoms with van der Waals surface area (Å²) in [5, 5.41) is 3.62. The number of unbranched alkanes of at least 4 members (excludes halogenated alkanes) is 1. The van der Waals surface area contributed by atoms with Gasteiger partial charge in [0.15, 0.2) is 0 Å². The van der Waals surface area contributed by atoms with Crippen LogP contribution >= 0.6 is 0 Å². The van der Waals surface area contributed by atoms with Gasteiger partial charge in [-0.15, -0.1) is 0 Å². The molecule has 1 atom stereocenters. The standard InChI is InChI=1S/C16H27N/c1-6-8-9-16(17-7-2)15-11-13(4)12(3)10-14(15)5/h10-11,16-17H,6-9H2,1-5H3. The fourth-order valence-corrected chi connectivity index (χ4v) is 2.38. The van der Waals surface area contributed by atoms with Crippen molar-refractivity contribution < 1.29 is 0 Å². The lowest BCUT2D eigenvalue weighted by atomic mass is 9.93. The van der Waals surface area contributed by atoms with Crippen molar-refractivity contribution in [3.05, 3.63) is 34.4 Å². The van der Waals surface area contributed by atoms with E-state index in [0.717, 1.165) is 6.54 Å². The summed E-state index contributed by atoms with van der Waals surface area (Å²) in [6.07, 6.45) is 3.81. The van der Waals surface area contributed by atoms with Crippen molar-refractivity contribution in [3.63, 3.8) is 0 Å². The Labute approximate surface area is 107 Å². The third kappa shape index (κ3) is 3.85. The molecule has 1 aromatic carbocycles. The van der Waals surface area contributed by atoms with Crippen molar-refractivity contribution in [1.29, 1.82) is 0 Å². The van der Waals surface area contributed by atoms with E-state index in [1.807, 2.05) is 0 Å². The Hall–Kier alpha value is -0.820. The molecule has 0 saturated heterocycles. The first-order valence-corrected chi connectivity index (χ1v) is 6.91. The van der Waals surface area contributed by atoms with Crippen LogP contribution < -0.4 is 5.32 Å². The molecule has 0 radical (unpaired) electrons. The van der Waals surface area contributed by atoms with E-state index in [9.17, 15) is 0 Å². The fraction of sp³-hybridized carbons (Fsp3) is 0.625. The smallest absolute Gasteiger partial charge is 0.0322 e. The third-order valence-electron chi connectivity index (χ3n) is 3.55. The first-order valence-electron chi connectivity index (χ1n) is 6.91. The van der Waals surface area contributed by atoms with Crippen molar-refractivity contribution in [1.82, 2.24) is 5.32 Å². The zero-order chi connectivity index (χ0) is 12.8. The molecule has 0 aliphatic heterocycles. The highest BCUT2D eigenvalue weighted by Gasteiger charge is 2.13. The van der Waals surface area contributed by atoms with Crippen LogP contribution in [0.15, 0.2) is 12.1 Å². The minimum Gasteiger partial charge on any atom is -0.310 e. The molecule has 0 bridgehead atoms. The van der Waals surface area contributed by atoms with Gasteiger partial charge >= 0.3 is 0 Å². The highest BCUT2D eigenvalue weighted by molar-refractivity contribution is 5.38. The van der Waals surface area contributed by atoms with Gasteiger partial charge in [0.05, 0.1) is 0 Å². The highest BCUT2D eigenvalue weighted by Crippen LogP contribution is 2.25. The molecule has 0 fully saturated rings. The number of hydrogen-bond donors (Lipinski definition) is 1. The predicted molar refractivity (Wildman–Crippen MR) is 76.6 cm³/mol. The van der Waals surface area contributed by atoms with Gasteiger partial charge in [-0.1, -0.05) is 38.8 Å². The summed E-state index contributed by atoms with van der Waals surface area (Å²) < 4.78 is 0. The van der Waals surface area contributed by atoms with E-state index in [1.54, 1.807) is 0 Å². The second kappa shape index (κ2) is 6.80. The quantitative estimate of drug-likeness (QED) is 0.765. The third-order valence-corrected chi connectivity index (χ3v) is 3.55. The van der Waals surface area contributed by atoms with Gasteiger partial charge in [0, 0.05) is 6.04 Å². The van der Waals surface area contributed by atoms with E-state index < -0.39 is 0 Å². The number of hydrogen-bond acceptors (Lipinski definition) is 1. The summed E-state index contributed by atoms with van der Waals surface area (Å²) in [4.78, 5) is 0. The molecule has 17 heavy (non-hydrogen) atoms. The molecule has 1 N–H and O–H groups in total. The van der Waals surface area contributed by atoms with E-state index in [1.165, 1.54) is 41.5 Å². The molecule has 1 nitrogen and oxygen atoms in total. The molecule has 0 aliphatic rings. The lowest BCUT2D eigenvalue weighted by Gasteiger charge is -2.21. The average molecular weight is 233 g/mol. The van der Waals surface area contributed by atoms with Crippen molar-refractivity contribution in [3.8, 4) is 0 Å². The number of nitrogens with one attached hydrogen (secondary N) is 1. The molecule has 0 heterocycles. The molecule has 0 aliphatic carbocycles. The number of benzene rings is 1. The van der Waals surface area contributed by atoms with Gasteiger partial charge in [0.1, 0.15) is 0 Å². The zero-order valence-electron chi connectivity index (χ0n) is 12.1. The summed E-state index contributed by atoms with van der Waals surface area (Å²) in [6.45, 7) is 12.1. The Balaban J connectivity index is 2.96. The van der Waals surface area contributed by atoms with Gasteiger partial charge in [0.25, 0.3) is 0 Å². The fourth-order valence-electron chi connectivity index (χ4n) is 2.38. The maximum absolute atomic E-state index is 3.62. The summed E-state index contributed by atoms with van der Waals surface area (Å²) >= 11 is 0. The molecule has 0 aromatic heterocycles. The van der Waals surface area contributed by atoms with Crippen molar-refractivity contribution in [2.45, 2.75) is 59.9 Å². The van der Waals surface area contributed by atoms with E-state index in [0.29, 0.717) is 6.04 Å². The van der Waals surface area contributed by atoms with Crippen molar-refractivity contribution >= 4 is 0 Å². The maximum Gasteiger partial charge on any atom is 0.0322 e. The van der Waals surface area contributed by atoms with Crippen molar-refractivity contribution in [2.75, 3.05) is 6.54 Å². The Morgan fingerprint density at radius 3 is 2.24 bits per heavy atom. The number of aryl methyl sites for hydroxylation is 3. The van der Waals surface area contributed by atoms with Crippen LogP contribution in [-0.4, -0.2) is 6.54 Å². The van der Waals surface area contributed by atoms with Gasteiger partial charge in [0.2, 0.25) is 0 Å². The van der Waals surface area contributed by atoms with Gasteiger partial charge < -0.3 is 5.32 Å². The van der Waals surface area contributed by atoms with Gasteiger partial charge in [-0.3, -0.25) is 0 Å². The van der Waals surface area contributed by atoms with Crippen LogP contribution in [0, 0.1) is 20.8 Å². The van der Waals surface area contributed by atoms with Gasteiger partial charge in [-0.05, 0) is 56.0 Å². The molecule has 0 spiro atoms. The average Bonchev–Trinajstić information content (AvgIpc) is 2.29. The summed E-state index contributed by atoms with van der Waals surface area (Å²) in [7, 11) is 0. The van der Waals surface area contributed by atoms with Crippen LogP contribution in [0.25, 0.3) is 0 Å². The summed E-state index contributed by atoms with van der Waals surface area (Å²) in [6, 6.07) is 5.22. The van der Waals surface area contributed by atoms with Crippen LogP contribution in [0.2, 0.25) is 0 Å². The Morgan fingerprint density at radius 2 is 1.65 bits per heavy atom. The molecule has 1 heteroatoms. The molecule has 1 unspecified atom stereocenters. The minimum absolute atomic E-state index is 0.527. The van der Waals surface area contributed by atoms with Gasteiger partial charge in [-0.2, -0.15) is 0 Å². The van der Waals surface area contributed by atoms with Crippen LogP contribution in [0.1, 0.15) is 61.4 Å². The monoisotopic (exact) mass is 233 g/mol. The van der Waals surface area contributed by atoms with E-state index in [2.05, 4.69) is 52.1 Å². The normalized spacial score (nSPS) is 12.8. The molecule has 1 aromatic rings. The zero-order valence-corrected chi connectivity index (χ0v) is 12.1. The predicted octanol–water partition coefficient (Wildman–Crippen LogP) is 4.45. The lowest BCUT2D eigenvalue weighted by molar-refractivity contribution is 0.492. The SMILES string of the molecule is CCCCC(NCC)c1cc(C)c(C)cc1C. The summed E-state index contributed by atoms with van der Waals surface area (Å²) in [5.41, 5.74) is 5.72. The highest BCUT2D eigenvalue weighted by atomic mass is 14.9. The molecular weight excluding hydrogens is 206 g/mol. The Bertz CT molecular complexity index is 355. The van der Waals surface area contributed by atoms with E-state index in [-0.39, 0.29) is 0 Å². The molecule has 1 rings (SSSR count). The van der Waals surface area contributed by atoms with Crippen LogP contribution in [0.3, 0.4) is 0 Å². The second-order valence-electron chi connectivity index (χ2n) is 5.05. The maximum atomic E-state index is 3.62. The second-order valence-corrected chi connectivity index (χ2v) is 5.05. The first-order chi connectivity index (χ1) is 8.10. The topological polar surface area (TPSA) is 12.0 Å². The van der Waals surface area contributed by atoms with E-state index >= 15 is 0 Å².